The number of nitrogens with one attached hydrogen (secondary N) is 2. The molecule has 1 fully saturated rings. The van der Waals surface area contributed by atoms with Crippen molar-refractivity contribution in [2.24, 2.45) is 0 Å². The molecule has 5 nitrogen and oxygen atoms in total. The van der Waals surface area contributed by atoms with Gasteiger partial charge in [-0.05, 0) is 60.8 Å². The second kappa shape index (κ2) is 6.36. The molecule has 1 aliphatic carbocycles. The number of amides is 1. The Morgan fingerprint density at radius 1 is 1.19 bits per heavy atom. The van der Waals surface area contributed by atoms with Gasteiger partial charge >= 0.3 is 0 Å². The van der Waals surface area contributed by atoms with Crippen LogP contribution in [0.5, 0.6) is 5.75 Å². The van der Waals surface area contributed by atoms with Crippen molar-refractivity contribution < 1.29 is 14.6 Å². The second-order valence-corrected chi connectivity index (χ2v) is 7.81. The minimum Gasteiger partial charge on any atom is -0.493 e. The minimum atomic E-state index is -0.612. The Hall–Kier alpha value is -2.37. The smallest absolute Gasteiger partial charge is 0.251 e. The molecule has 27 heavy (non-hydrogen) atoms. The molecule has 3 N–H and O–H groups in total. The third-order valence-corrected chi connectivity index (χ3v) is 6.45. The van der Waals surface area contributed by atoms with Gasteiger partial charge in [-0.25, -0.2) is 0 Å². The molecule has 2 aromatic rings. The molecule has 2 aliphatic heterocycles. The molecule has 1 saturated heterocycles. The largest absolute Gasteiger partial charge is 0.493 e. The molecule has 2 aromatic carbocycles. The number of hydrogen-bond acceptors (Lipinski definition) is 4. The van der Waals surface area contributed by atoms with E-state index < -0.39 is 6.10 Å². The molecular formula is C22H24N2O3. The zero-order chi connectivity index (χ0) is 18.4. The van der Waals surface area contributed by atoms with Crippen LogP contribution in [0.25, 0.3) is 0 Å². The second-order valence-electron chi connectivity index (χ2n) is 7.81. The van der Waals surface area contributed by atoms with Gasteiger partial charge in [0.2, 0.25) is 0 Å². The summed E-state index contributed by atoms with van der Waals surface area (Å²) in [5, 5.41) is 17.8. The van der Waals surface area contributed by atoms with Gasteiger partial charge in [-0.2, -0.15) is 0 Å². The summed E-state index contributed by atoms with van der Waals surface area (Å²) in [7, 11) is 0. The third kappa shape index (κ3) is 2.57. The SMILES string of the molecule is O=C(N[C@@H]1c2ccccc2C2(CCNCC2)[C@H]1O)c1ccc2c(c1)CCO2. The number of ether oxygens (including phenoxy) is 1. The van der Waals surface area contributed by atoms with E-state index in [1.54, 1.807) is 6.07 Å². The van der Waals surface area contributed by atoms with Crippen LogP contribution in [0, 0.1) is 0 Å². The summed E-state index contributed by atoms with van der Waals surface area (Å²) >= 11 is 0. The molecule has 2 heterocycles. The van der Waals surface area contributed by atoms with Crippen LogP contribution in [-0.4, -0.2) is 36.8 Å². The lowest BCUT2D eigenvalue weighted by Gasteiger charge is -2.38. The number of carbonyl (C=O) groups excluding carboxylic acids is 1. The Morgan fingerprint density at radius 2 is 2.00 bits per heavy atom. The maximum atomic E-state index is 13.0. The lowest BCUT2D eigenvalue weighted by atomic mass is 9.72. The van der Waals surface area contributed by atoms with Crippen LogP contribution in [0.15, 0.2) is 42.5 Å². The van der Waals surface area contributed by atoms with Gasteiger partial charge in [-0.15, -0.1) is 0 Å². The molecule has 0 bridgehead atoms. The normalized spacial score (nSPS) is 24.9. The van der Waals surface area contributed by atoms with Gasteiger partial charge in [0.15, 0.2) is 0 Å². The molecule has 1 spiro atoms. The fourth-order valence-electron chi connectivity index (χ4n) is 5.02. The van der Waals surface area contributed by atoms with Crippen LogP contribution in [0.3, 0.4) is 0 Å². The van der Waals surface area contributed by atoms with Crippen molar-refractivity contribution in [2.75, 3.05) is 19.7 Å². The Bertz CT molecular complexity index is 889. The molecule has 3 aliphatic rings. The highest BCUT2D eigenvalue weighted by Crippen LogP contribution is 2.50. The van der Waals surface area contributed by atoms with Gasteiger partial charge < -0.3 is 20.5 Å². The molecular weight excluding hydrogens is 340 g/mol. The highest BCUT2D eigenvalue weighted by atomic mass is 16.5. The van der Waals surface area contributed by atoms with Crippen molar-refractivity contribution in [3.05, 3.63) is 64.7 Å². The highest BCUT2D eigenvalue weighted by molar-refractivity contribution is 5.95. The maximum Gasteiger partial charge on any atom is 0.251 e. The van der Waals surface area contributed by atoms with Crippen LogP contribution >= 0.6 is 0 Å². The van der Waals surface area contributed by atoms with E-state index in [1.807, 2.05) is 30.3 Å². The number of rotatable bonds is 2. The van der Waals surface area contributed by atoms with Gasteiger partial charge in [-0.3, -0.25) is 4.79 Å². The van der Waals surface area contributed by atoms with E-state index in [0.717, 1.165) is 49.2 Å². The molecule has 0 saturated carbocycles. The number of aliphatic hydroxyl groups excluding tert-OH is 1. The average molecular weight is 364 g/mol. The van der Waals surface area contributed by atoms with Gasteiger partial charge in [0.25, 0.3) is 5.91 Å². The average Bonchev–Trinajstić information content (AvgIpc) is 3.26. The third-order valence-electron chi connectivity index (χ3n) is 6.45. The number of aliphatic hydroxyl groups is 1. The summed E-state index contributed by atoms with van der Waals surface area (Å²) < 4.78 is 5.53. The van der Waals surface area contributed by atoms with Crippen molar-refractivity contribution in [3.8, 4) is 5.75 Å². The van der Waals surface area contributed by atoms with Crippen LogP contribution in [0.1, 0.15) is 45.9 Å². The zero-order valence-corrected chi connectivity index (χ0v) is 15.2. The topological polar surface area (TPSA) is 70.6 Å². The lowest BCUT2D eigenvalue weighted by Crippen LogP contribution is -2.48. The van der Waals surface area contributed by atoms with Crippen LogP contribution in [0.4, 0.5) is 0 Å². The summed E-state index contributed by atoms with van der Waals surface area (Å²) in [6, 6.07) is 13.4. The first-order valence-electron chi connectivity index (χ1n) is 9.74. The van der Waals surface area contributed by atoms with Crippen molar-refractivity contribution in [3.63, 3.8) is 0 Å². The maximum absolute atomic E-state index is 13.0. The molecule has 2 atom stereocenters. The van der Waals surface area contributed by atoms with Crippen molar-refractivity contribution in [2.45, 2.75) is 36.8 Å². The molecule has 140 valence electrons. The van der Waals surface area contributed by atoms with Crippen molar-refractivity contribution >= 4 is 5.91 Å². The molecule has 1 amide bonds. The molecule has 0 unspecified atom stereocenters. The monoisotopic (exact) mass is 364 g/mol. The number of hydrogen-bond donors (Lipinski definition) is 3. The lowest BCUT2D eigenvalue weighted by molar-refractivity contribution is 0.0418. The zero-order valence-electron chi connectivity index (χ0n) is 15.2. The van der Waals surface area contributed by atoms with Crippen LogP contribution in [0.2, 0.25) is 0 Å². The molecule has 5 rings (SSSR count). The summed E-state index contributed by atoms with van der Waals surface area (Å²) in [6.07, 6.45) is 1.99. The van der Waals surface area contributed by atoms with Gasteiger partial charge in [0.1, 0.15) is 5.75 Å². The van der Waals surface area contributed by atoms with Gasteiger partial charge in [0.05, 0.1) is 18.8 Å². The number of carbonyl (C=O) groups is 1. The predicted molar refractivity (Wildman–Crippen MR) is 102 cm³/mol. The Morgan fingerprint density at radius 3 is 2.85 bits per heavy atom. The van der Waals surface area contributed by atoms with Crippen molar-refractivity contribution in [1.82, 2.24) is 10.6 Å². The van der Waals surface area contributed by atoms with E-state index in [2.05, 4.69) is 16.7 Å². The van der Waals surface area contributed by atoms with E-state index in [1.165, 1.54) is 5.56 Å². The van der Waals surface area contributed by atoms with Crippen LogP contribution in [-0.2, 0) is 11.8 Å². The van der Waals surface area contributed by atoms with Crippen LogP contribution < -0.4 is 15.4 Å². The standard InChI is InChI=1S/C22H24N2O3/c25-20-19(24-21(26)15-5-6-18-14(13-15)7-12-27-18)16-3-1-2-4-17(16)22(20)8-10-23-11-9-22/h1-6,13,19-20,23,25H,7-12H2,(H,24,26)/t19-,20+/m1/s1. The van der Waals surface area contributed by atoms with E-state index in [-0.39, 0.29) is 17.4 Å². The molecule has 0 radical (unpaired) electrons. The summed E-state index contributed by atoms with van der Waals surface area (Å²) in [5.41, 5.74) is 3.65. The number of benzene rings is 2. The van der Waals surface area contributed by atoms with E-state index in [4.69, 9.17) is 4.74 Å². The molecule has 0 aromatic heterocycles. The summed E-state index contributed by atoms with van der Waals surface area (Å²) in [4.78, 5) is 13.0. The fraction of sp³-hybridized carbons (Fsp3) is 0.409. The van der Waals surface area contributed by atoms with Gasteiger partial charge in [-0.1, -0.05) is 24.3 Å². The van der Waals surface area contributed by atoms with Gasteiger partial charge in [0, 0.05) is 17.4 Å². The Balaban J connectivity index is 1.45. The Kier molecular flexibility index (Phi) is 3.95. The first kappa shape index (κ1) is 16.8. The quantitative estimate of drug-likeness (QED) is 0.763. The Labute approximate surface area is 158 Å². The molecule has 5 heteroatoms. The van der Waals surface area contributed by atoms with E-state index in [0.29, 0.717) is 12.2 Å². The first-order valence-corrected chi connectivity index (χ1v) is 9.74. The summed E-state index contributed by atoms with van der Waals surface area (Å²) in [6.45, 7) is 2.44. The minimum absolute atomic E-state index is 0.144. The van der Waals surface area contributed by atoms with Crippen molar-refractivity contribution in [1.29, 1.82) is 0 Å². The number of piperidine rings is 1. The highest BCUT2D eigenvalue weighted by Gasteiger charge is 2.52. The van der Waals surface area contributed by atoms with E-state index >= 15 is 0 Å². The predicted octanol–water partition coefficient (Wildman–Crippen LogP) is 2.09. The fourth-order valence-corrected chi connectivity index (χ4v) is 5.02. The first-order chi connectivity index (χ1) is 13.2. The van der Waals surface area contributed by atoms with E-state index in [9.17, 15) is 9.90 Å². The summed E-state index contributed by atoms with van der Waals surface area (Å²) in [5.74, 6) is 0.723. The number of fused-ring (bicyclic) bond motifs is 3.